The fourth-order valence-electron chi connectivity index (χ4n) is 3.00. The summed E-state index contributed by atoms with van der Waals surface area (Å²) in [5.41, 5.74) is 2.29. The number of hydrogen-bond acceptors (Lipinski definition) is 5. The van der Waals surface area contributed by atoms with Crippen LogP contribution in [0.1, 0.15) is 36.1 Å². The average molecular weight is 342 g/mol. The minimum Gasteiger partial charge on any atom is -0.445 e. The Balaban J connectivity index is 1.51. The minimum absolute atomic E-state index is 0.194. The molecule has 3 atom stereocenters. The predicted octanol–water partition coefficient (Wildman–Crippen LogP) is 2.30. The lowest BCUT2D eigenvalue weighted by molar-refractivity contribution is -0.0874. The van der Waals surface area contributed by atoms with Gasteiger partial charge in [0.25, 0.3) is 0 Å². The summed E-state index contributed by atoms with van der Waals surface area (Å²) in [5.74, 6) is 0. The Morgan fingerprint density at radius 1 is 1.08 bits per heavy atom. The van der Waals surface area contributed by atoms with Crippen molar-refractivity contribution in [3.8, 4) is 0 Å². The molecule has 1 heterocycles. The molecule has 0 aliphatic carbocycles. The van der Waals surface area contributed by atoms with Crippen LogP contribution in [0.2, 0.25) is 0 Å². The maximum Gasteiger partial charge on any atom is 0.407 e. The summed E-state index contributed by atoms with van der Waals surface area (Å²) < 4.78 is 5.19. The van der Waals surface area contributed by atoms with Crippen molar-refractivity contribution in [2.75, 3.05) is 6.54 Å². The molecule has 2 aromatic rings. The van der Waals surface area contributed by atoms with E-state index in [1.54, 1.807) is 19.1 Å². The standard InChI is InChI=1S/C19H22N2O4/c1-13(20-19(24)25-12-14-7-3-2-4-8-14)11-21-17(22)15-9-5-6-10-16(15)18(21)23/h2-10,13,17-18,22-23H,11-12H2,1H3,(H,20,24)/t13-,17-,18-/m0/s1. The zero-order chi connectivity index (χ0) is 17.8. The molecule has 25 heavy (non-hydrogen) atoms. The molecule has 0 aromatic heterocycles. The number of aliphatic hydroxyl groups is 2. The predicted molar refractivity (Wildman–Crippen MR) is 92.3 cm³/mol. The fourth-order valence-corrected chi connectivity index (χ4v) is 3.00. The number of hydrogen-bond donors (Lipinski definition) is 3. The van der Waals surface area contributed by atoms with E-state index in [2.05, 4.69) is 5.32 Å². The minimum atomic E-state index is -0.893. The molecular formula is C19H22N2O4. The van der Waals surface area contributed by atoms with Gasteiger partial charge in [0.15, 0.2) is 0 Å². The third kappa shape index (κ3) is 3.99. The van der Waals surface area contributed by atoms with Crippen LogP contribution in [0.3, 0.4) is 0 Å². The number of fused-ring (bicyclic) bond motifs is 1. The molecule has 0 saturated heterocycles. The van der Waals surface area contributed by atoms with Crippen molar-refractivity contribution in [2.45, 2.75) is 32.0 Å². The molecule has 0 unspecified atom stereocenters. The summed E-state index contributed by atoms with van der Waals surface area (Å²) >= 11 is 0. The molecule has 6 heteroatoms. The molecule has 2 aromatic carbocycles. The van der Waals surface area contributed by atoms with Crippen LogP contribution in [0.25, 0.3) is 0 Å². The number of carbonyl (C=O) groups excluding carboxylic acids is 1. The summed E-state index contributed by atoms with van der Waals surface area (Å²) in [7, 11) is 0. The molecule has 0 radical (unpaired) electrons. The Labute approximate surface area is 146 Å². The normalized spacial score (nSPS) is 20.8. The van der Waals surface area contributed by atoms with Gasteiger partial charge in [-0.1, -0.05) is 54.6 Å². The van der Waals surface area contributed by atoms with Gasteiger partial charge >= 0.3 is 6.09 Å². The number of amides is 1. The SMILES string of the molecule is C[C@@H](CN1[C@@H](O)c2ccccc2[C@@H]1O)NC(=O)OCc1ccccc1. The summed E-state index contributed by atoms with van der Waals surface area (Å²) in [6.07, 6.45) is -2.32. The van der Waals surface area contributed by atoms with Gasteiger partial charge in [-0.3, -0.25) is 0 Å². The van der Waals surface area contributed by atoms with Gasteiger partial charge in [-0.2, -0.15) is 0 Å². The number of benzene rings is 2. The first kappa shape index (κ1) is 17.4. The van der Waals surface area contributed by atoms with Crippen molar-refractivity contribution in [3.05, 3.63) is 71.3 Å². The number of nitrogens with one attached hydrogen (secondary N) is 1. The summed E-state index contributed by atoms with van der Waals surface area (Å²) in [4.78, 5) is 13.4. The van der Waals surface area contributed by atoms with Crippen molar-refractivity contribution in [1.29, 1.82) is 0 Å². The molecule has 6 nitrogen and oxygen atoms in total. The van der Waals surface area contributed by atoms with E-state index < -0.39 is 18.5 Å². The van der Waals surface area contributed by atoms with Crippen molar-refractivity contribution < 1.29 is 19.7 Å². The van der Waals surface area contributed by atoms with E-state index in [-0.39, 0.29) is 19.2 Å². The maximum atomic E-state index is 11.9. The zero-order valence-corrected chi connectivity index (χ0v) is 14.0. The van der Waals surface area contributed by atoms with E-state index in [1.807, 2.05) is 42.5 Å². The van der Waals surface area contributed by atoms with Crippen LogP contribution < -0.4 is 5.32 Å². The first-order valence-electron chi connectivity index (χ1n) is 8.24. The van der Waals surface area contributed by atoms with Crippen molar-refractivity contribution in [1.82, 2.24) is 10.2 Å². The van der Waals surface area contributed by atoms with E-state index in [4.69, 9.17) is 4.74 Å². The lowest BCUT2D eigenvalue weighted by atomic mass is 10.1. The van der Waals surface area contributed by atoms with Gasteiger partial charge in [-0.25, -0.2) is 9.69 Å². The van der Waals surface area contributed by atoms with Gasteiger partial charge in [0, 0.05) is 23.7 Å². The second-order valence-corrected chi connectivity index (χ2v) is 6.18. The van der Waals surface area contributed by atoms with Gasteiger partial charge in [0.2, 0.25) is 0 Å². The van der Waals surface area contributed by atoms with Crippen LogP contribution in [0.15, 0.2) is 54.6 Å². The molecule has 3 N–H and O–H groups in total. The van der Waals surface area contributed by atoms with Crippen LogP contribution in [0.4, 0.5) is 4.79 Å². The third-order valence-electron chi connectivity index (χ3n) is 4.24. The molecule has 0 spiro atoms. The second-order valence-electron chi connectivity index (χ2n) is 6.18. The molecule has 1 aliphatic heterocycles. The molecule has 0 saturated carbocycles. The Morgan fingerprint density at radius 3 is 2.24 bits per heavy atom. The lowest BCUT2D eigenvalue weighted by Crippen LogP contribution is -2.42. The molecule has 132 valence electrons. The number of rotatable bonds is 5. The zero-order valence-electron chi connectivity index (χ0n) is 14.0. The first-order valence-corrected chi connectivity index (χ1v) is 8.24. The van der Waals surface area contributed by atoms with E-state index in [0.29, 0.717) is 11.1 Å². The third-order valence-corrected chi connectivity index (χ3v) is 4.24. The first-order chi connectivity index (χ1) is 12.1. The fraction of sp³-hybridized carbons (Fsp3) is 0.316. The van der Waals surface area contributed by atoms with Gasteiger partial charge in [0.05, 0.1) is 0 Å². The van der Waals surface area contributed by atoms with Crippen LogP contribution in [0.5, 0.6) is 0 Å². The topological polar surface area (TPSA) is 82.0 Å². The van der Waals surface area contributed by atoms with Crippen molar-refractivity contribution >= 4 is 6.09 Å². The van der Waals surface area contributed by atoms with Crippen molar-refractivity contribution in [3.63, 3.8) is 0 Å². The van der Waals surface area contributed by atoms with Gasteiger partial charge in [0.1, 0.15) is 19.1 Å². The van der Waals surface area contributed by atoms with Crippen LogP contribution in [0, 0.1) is 0 Å². The summed E-state index contributed by atoms with van der Waals surface area (Å²) in [5, 5.41) is 23.5. The number of nitrogens with zero attached hydrogens (tertiary/aromatic N) is 1. The van der Waals surface area contributed by atoms with E-state index in [1.165, 1.54) is 4.90 Å². The van der Waals surface area contributed by atoms with Crippen molar-refractivity contribution in [2.24, 2.45) is 0 Å². The van der Waals surface area contributed by atoms with Crippen LogP contribution in [-0.2, 0) is 11.3 Å². The molecule has 1 aliphatic rings. The van der Waals surface area contributed by atoms with Gasteiger partial charge in [-0.15, -0.1) is 0 Å². The quantitative estimate of drug-likeness (QED) is 0.777. The van der Waals surface area contributed by atoms with Gasteiger partial charge in [-0.05, 0) is 12.5 Å². The van der Waals surface area contributed by atoms with Gasteiger partial charge < -0.3 is 20.3 Å². The Hall–Kier alpha value is -2.41. The molecule has 3 rings (SSSR count). The van der Waals surface area contributed by atoms with E-state index >= 15 is 0 Å². The smallest absolute Gasteiger partial charge is 0.407 e. The number of carbonyl (C=O) groups is 1. The highest BCUT2D eigenvalue weighted by atomic mass is 16.5. The van der Waals surface area contributed by atoms with E-state index in [9.17, 15) is 15.0 Å². The largest absolute Gasteiger partial charge is 0.445 e. The molecule has 0 bridgehead atoms. The van der Waals surface area contributed by atoms with Crippen LogP contribution in [-0.4, -0.2) is 33.8 Å². The summed E-state index contributed by atoms with van der Waals surface area (Å²) in [6.45, 7) is 2.28. The maximum absolute atomic E-state index is 11.9. The highest BCUT2D eigenvalue weighted by Crippen LogP contribution is 2.38. The van der Waals surface area contributed by atoms with Crippen LogP contribution >= 0.6 is 0 Å². The number of aliphatic hydroxyl groups excluding tert-OH is 2. The molecular weight excluding hydrogens is 320 g/mol. The molecule has 0 fully saturated rings. The van der Waals surface area contributed by atoms with E-state index in [0.717, 1.165) is 5.56 Å². The monoisotopic (exact) mass is 342 g/mol. The Kier molecular flexibility index (Phi) is 5.33. The highest BCUT2D eigenvalue weighted by molar-refractivity contribution is 5.67. The Morgan fingerprint density at radius 2 is 1.64 bits per heavy atom. The Bertz CT molecular complexity index is 693. The highest BCUT2D eigenvalue weighted by Gasteiger charge is 2.36. The number of ether oxygens (including phenoxy) is 1. The average Bonchev–Trinajstić information content (AvgIpc) is 2.86. The lowest BCUT2D eigenvalue weighted by Gasteiger charge is -2.27. The summed E-state index contributed by atoms with van der Waals surface area (Å²) in [6, 6.07) is 16.3. The second kappa shape index (κ2) is 7.65. The number of alkyl carbamates (subject to hydrolysis) is 1. The molecule has 1 amide bonds.